The average Bonchev–Trinajstić information content (AvgIpc) is 2.54. The zero-order valence-electron chi connectivity index (χ0n) is 12.8. The third kappa shape index (κ3) is 3.32. The van der Waals surface area contributed by atoms with Crippen molar-refractivity contribution in [1.82, 2.24) is 9.80 Å². The molecule has 2 heterocycles. The summed E-state index contributed by atoms with van der Waals surface area (Å²) in [7, 11) is 0. The monoisotopic (exact) mass is 304 g/mol. The van der Waals surface area contributed by atoms with E-state index >= 15 is 0 Å². The van der Waals surface area contributed by atoms with E-state index in [9.17, 15) is 9.90 Å². The Bertz CT molecular complexity index is 534. The van der Waals surface area contributed by atoms with Crippen LogP contribution in [-0.4, -0.2) is 64.8 Å². The van der Waals surface area contributed by atoms with Crippen LogP contribution in [0.5, 0.6) is 0 Å². The van der Waals surface area contributed by atoms with Gasteiger partial charge in [-0.1, -0.05) is 24.3 Å². The molecule has 120 valence electrons. The van der Waals surface area contributed by atoms with Gasteiger partial charge in [0.05, 0.1) is 12.6 Å². The summed E-state index contributed by atoms with van der Waals surface area (Å²) in [6.45, 7) is 3.09. The van der Waals surface area contributed by atoms with E-state index in [2.05, 4.69) is 23.1 Å². The maximum Gasteiger partial charge on any atom is 0.236 e. The van der Waals surface area contributed by atoms with Crippen molar-refractivity contribution < 1.29 is 15.0 Å². The van der Waals surface area contributed by atoms with Crippen LogP contribution in [0.25, 0.3) is 0 Å². The van der Waals surface area contributed by atoms with Crippen LogP contribution in [0.15, 0.2) is 24.3 Å². The number of benzene rings is 1. The largest absolute Gasteiger partial charge is 0.396 e. The number of piperidine rings is 1. The van der Waals surface area contributed by atoms with Gasteiger partial charge < -0.3 is 15.1 Å². The van der Waals surface area contributed by atoms with E-state index in [0.717, 1.165) is 19.5 Å². The Morgan fingerprint density at radius 2 is 2.00 bits per heavy atom. The van der Waals surface area contributed by atoms with E-state index < -0.39 is 6.10 Å². The van der Waals surface area contributed by atoms with Crippen LogP contribution in [0.2, 0.25) is 0 Å². The van der Waals surface area contributed by atoms with Crippen LogP contribution >= 0.6 is 0 Å². The number of nitrogens with zero attached hydrogens (tertiary/aromatic N) is 2. The minimum atomic E-state index is -0.607. The topological polar surface area (TPSA) is 64.0 Å². The number of likely N-dealkylation sites (tertiary alicyclic amines) is 1. The summed E-state index contributed by atoms with van der Waals surface area (Å²) in [6.07, 6.45) is 1.05. The van der Waals surface area contributed by atoms with E-state index in [1.807, 2.05) is 6.07 Å². The molecule has 0 spiro atoms. The second-order valence-corrected chi connectivity index (χ2v) is 6.37. The average molecular weight is 304 g/mol. The summed E-state index contributed by atoms with van der Waals surface area (Å²) in [4.78, 5) is 16.3. The number of rotatable bonds is 3. The van der Waals surface area contributed by atoms with Gasteiger partial charge in [-0.2, -0.15) is 0 Å². The lowest BCUT2D eigenvalue weighted by Gasteiger charge is -2.37. The van der Waals surface area contributed by atoms with Gasteiger partial charge in [0, 0.05) is 38.7 Å². The number of hydrogen-bond donors (Lipinski definition) is 2. The Morgan fingerprint density at radius 1 is 1.23 bits per heavy atom. The fourth-order valence-corrected chi connectivity index (χ4v) is 3.40. The molecule has 1 fully saturated rings. The van der Waals surface area contributed by atoms with Gasteiger partial charge in [-0.25, -0.2) is 0 Å². The lowest BCUT2D eigenvalue weighted by molar-refractivity contribution is -0.137. The molecule has 2 aliphatic rings. The lowest BCUT2D eigenvalue weighted by Crippen LogP contribution is -2.50. The van der Waals surface area contributed by atoms with Crippen LogP contribution in [-0.2, 0) is 17.8 Å². The number of hydrogen-bond acceptors (Lipinski definition) is 4. The Labute approximate surface area is 131 Å². The first kappa shape index (κ1) is 15.5. The van der Waals surface area contributed by atoms with Gasteiger partial charge in [-0.05, 0) is 24.0 Å². The third-order valence-electron chi connectivity index (χ3n) is 4.88. The molecule has 1 amide bonds. The molecule has 1 aromatic carbocycles. The molecule has 0 aliphatic carbocycles. The number of fused-ring (bicyclic) bond motifs is 1. The minimum Gasteiger partial charge on any atom is -0.396 e. The number of amides is 1. The van der Waals surface area contributed by atoms with Gasteiger partial charge in [0.1, 0.15) is 0 Å². The minimum absolute atomic E-state index is 0.00783. The highest BCUT2D eigenvalue weighted by Gasteiger charge is 2.30. The SMILES string of the molecule is O=C(CN1CCc2ccccc2C1)N1CC[C@H](CO)[C@@H](O)C1. The Morgan fingerprint density at radius 3 is 2.73 bits per heavy atom. The molecule has 0 bridgehead atoms. The van der Waals surface area contributed by atoms with Crippen molar-refractivity contribution in [3.8, 4) is 0 Å². The highest BCUT2D eigenvalue weighted by molar-refractivity contribution is 5.78. The molecule has 22 heavy (non-hydrogen) atoms. The zero-order chi connectivity index (χ0) is 15.5. The molecule has 0 unspecified atom stereocenters. The fourth-order valence-electron chi connectivity index (χ4n) is 3.40. The molecular weight excluding hydrogens is 280 g/mol. The van der Waals surface area contributed by atoms with Crippen molar-refractivity contribution in [3.05, 3.63) is 35.4 Å². The van der Waals surface area contributed by atoms with Crippen LogP contribution in [0.1, 0.15) is 17.5 Å². The molecule has 2 N–H and O–H groups in total. The van der Waals surface area contributed by atoms with E-state index in [-0.39, 0.29) is 18.4 Å². The van der Waals surface area contributed by atoms with Crippen molar-refractivity contribution in [2.75, 3.05) is 32.8 Å². The van der Waals surface area contributed by atoms with Gasteiger partial charge >= 0.3 is 0 Å². The standard InChI is InChI=1S/C17H24N2O3/c20-12-15-6-8-19(10-16(15)21)17(22)11-18-7-5-13-3-1-2-4-14(13)9-18/h1-4,15-16,20-21H,5-12H2/t15-,16+/m1/s1. The van der Waals surface area contributed by atoms with Crippen molar-refractivity contribution in [2.24, 2.45) is 5.92 Å². The van der Waals surface area contributed by atoms with Crippen molar-refractivity contribution in [1.29, 1.82) is 0 Å². The highest BCUT2D eigenvalue weighted by Crippen LogP contribution is 2.20. The quantitative estimate of drug-likeness (QED) is 0.840. The Hall–Kier alpha value is -1.43. The first-order valence-corrected chi connectivity index (χ1v) is 8.03. The second-order valence-electron chi connectivity index (χ2n) is 6.37. The number of β-amino-alcohol motifs (C(OH)–C–C–N with tert-alkyl or cyclic N) is 1. The van der Waals surface area contributed by atoms with Crippen molar-refractivity contribution in [2.45, 2.75) is 25.5 Å². The van der Waals surface area contributed by atoms with Crippen LogP contribution < -0.4 is 0 Å². The lowest BCUT2D eigenvalue weighted by atomic mass is 9.94. The Balaban J connectivity index is 1.55. The van der Waals surface area contributed by atoms with Crippen LogP contribution in [0.4, 0.5) is 0 Å². The third-order valence-corrected chi connectivity index (χ3v) is 4.88. The first-order valence-electron chi connectivity index (χ1n) is 8.03. The molecule has 1 aromatic rings. The molecule has 0 aromatic heterocycles. The second kappa shape index (κ2) is 6.77. The summed E-state index contributed by atoms with van der Waals surface area (Å²) in [5.74, 6) is -0.0132. The van der Waals surface area contributed by atoms with Crippen molar-refractivity contribution >= 4 is 5.91 Å². The fraction of sp³-hybridized carbons (Fsp3) is 0.588. The van der Waals surface area contributed by atoms with Gasteiger partial charge in [-0.15, -0.1) is 0 Å². The summed E-state index contributed by atoms with van der Waals surface area (Å²) in [6, 6.07) is 8.39. The number of carbonyl (C=O) groups excluding carboxylic acids is 1. The predicted molar refractivity (Wildman–Crippen MR) is 83.2 cm³/mol. The number of aliphatic hydroxyl groups is 2. The van der Waals surface area contributed by atoms with Gasteiger partial charge in [0.15, 0.2) is 0 Å². The van der Waals surface area contributed by atoms with E-state index in [1.54, 1.807) is 4.90 Å². The van der Waals surface area contributed by atoms with E-state index in [0.29, 0.717) is 26.1 Å². The van der Waals surface area contributed by atoms with E-state index in [4.69, 9.17) is 5.11 Å². The van der Waals surface area contributed by atoms with Gasteiger partial charge in [0.2, 0.25) is 5.91 Å². The first-order chi connectivity index (χ1) is 10.7. The molecule has 3 rings (SSSR count). The Kier molecular flexibility index (Phi) is 4.76. The summed E-state index contributed by atoms with van der Waals surface area (Å²) < 4.78 is 0. The molecule has 0 radical (unpaired) electrons. The summed E-state index contributed by atoms with van der Waals surface area (Å²) >= 11 is 0. The maximum absolute atomic E-state index is 12.4. The van der Waals surface area contributed by atoms with Crippen LogP contribution in [0.3, 0.4) is 0 Å². The van der Waals surface area contributed by atoms with Crippen molar-refractivity contribution in [3.63, 3.8) is 0 Å². The number of aliphatic hydroxyl groups excluding tert-OH is 2. The van der Waals surface area contributed by atoms with E-state index in [1.165, 1.54) is 11.1 Å². The molecular formula is C17H24N2O3. The molecule has 5 heteroatoms. The smallest absolute Gasteiger partial charge is 0.236 e. The van der Waals surface area contributed by atoms with Crippen LogP contribution in [0, 0.1) is 5.92 Å². The van der Waals surface area contributed by atoms with Gasteiger partial charge in [-0.3, -0.25) is 9.69 Å². The molecule has 1 saturated heterocycles. The normalized spacial score (nSPS) is 25.8. The highest BCUT2D eigenvalue weighted by atomic mass is 16.3. The molecule has 2 aliphatic heterocycles. The molecule has 5 nitrogen and oxygen atoms in total. The van der Waals surface area contributed by atoms with Gasteiger partial charge in [0.25, 0.3) is 0 Å². The maximum atomic E-state index is 12.4. The summed E-state index contributed by atoms with van der Waals surface area (Å²) in [5, 5.41) is 19.1. The zero-order valence-corrected chi connectivity index (χ0v) is 12.8. The number of carbonyl (C=O) groups is 1. The predicted octanol–water partition coefficient (Wildman–Crippen LogP) is 0.246. The summed E-state index contributed by atoms with van der Waals surface area (Å²) in [5.41, 5.74) is 2.69. The molecule has 0 saturated carbocycles. The molecule has 2 atom stereocenters.